The standard InChI is InChI=1S/C13H26N2S/c1-10(2)6-5-7-12(4)15-13-14-8-11(3)9-16-13/h10-12H,5-9H2,1-4H3,(H,14,15). The summed E-state index contributed by atoms with van der Waals surface area (Å²) in [4.78, 5) is 4.56. The Hall–Kier alpha value is -0.180. The van der Waals surface area contributed by atoms with Crippen LogP contribution in [0.15, 0.2) is 4.99 Å². The Morgan fingerprint density at radius 1 is 1.38 bits per heavy atom. The van der Waals surface area contributed by atoms with Crippen molar-refractivity contribution in [2.75, 3.05) is 12.3 Å². The summed E-state index contributed by atoms with van der Waals surface area (Å²) in [6.45, 7) is 10.1. The highest BCUT2D eigenvalue weighted by Crippen LogP contribution is 2.16. The summed E-state index contributed by atoms with van der Waals surface area (Å²) in [7, 11) is 0. The molecule has 1 aliphatic heterocycles. The van der Waals surface area contributed by atoms with Crippen molar-refractivity contribution in [1.29, 1.82) is 0 Å². The van der Waals surface area contributed by atoms with E-state index in [1.165, 1.54) is 25.0 Å². The van der Waals surface area contributed by atoms with E-state index in [2.05, 4.69) is 38.0 Å². The van der Waals surface area contributed by atoms with Crippen molar-refractivity contribution in [2.24, 2.45) is 16.8 Å². The summed E-state index contributed by atoms with van der Waals surface area (Å²) < 4.78 is 0. The van der Waals surface area contributed by atoms with Crippen molar-refractivity contribution in [3.05, 3.63) is 0 Å². The summed E-state index contributed by atoms with van der Waals surface area (Å²) >= 11 is 1.88. The van der Waals surface area contributed by atoms with Gasteiger partial charge in [0.15, 0.2) is 5.17 Å². The van der Waals surface area contributed by atoms with Gasteiger partial charge < -0.3 is 5.32 Å². The summed E-state index contributed by atoms with van der Waals surface area (Å²) in [5, 5.41) is 4.69. The van der Waals surface area contributed by atoms with Gasteiger partial charge in [0, 0.05) is 18.3 Å². The van der Waals surface area contributed by atoms with E-state index in [0.717, 1.165) is 23.5 Å². The second kappa shape index (κ2) is 7.21. The molecule has 2 nitrogen and oxygen atoms in total. The maximum atomic E-state index is 4.56. The van der Waals surface area contributed by atoms with Gasteiger partial charge >= 0.3 is 0 Å². The zero-order valence-electron chi connectivity index (χ0n) is 11.1. The molecular weight excluding hydrogens is 216 g/mol. The fourth-order valence-electron chi connectivity index (χ4n) is 1.76. The smallest absolute Gasteiger partial charge is 0.156 e. The van der Waals surface area contributed by atoms with E-state index in [-0.39, 0.29) is 0 Å². The number of rotatable bonds is 5. The van der Waals surface area contributed by atoms with Crippen molar-refractivity contribution < 1.29 is 0 Å². The second-order valence-corrected chi connectivity index (χ2v) is 6.44. The zero-order valence-corrected chi connectivity index (χ0v) is 11.9. The third-order valence-electron chi connectivity index (χ3n) is 2.84. The molecule has 1 rings (SSSR count). The van der Waals surface area contributed by atoms with Crippen LogP contribution in [0.1, 0.15) is 47.0 Å². The molecule has 0 spiro atoms. The lowest BCUT2D eigenvalue weighted by Crippen LogP contribution is -2.33. The van der Waals surface area contributed by atoms with E-state index in [0.29, 0.717) is 6.04 Å². The van der Waals surface area contributed by atoms with Gasteiger partial charge in [-0.05, 0) is 25.2 Å². The average Bonchev–Trinajstić information content (AvgIpc) is 2.21. The zero-order chi connectivity index (χ0) is 12.0. The van der Waals surface area contributed by atoms with E-state index in [1.807, 2.05) is 11.8 Å². The van der Waals surface area contributed by atoms with Gasteiger partial charge in [0.1, 0.15) is 0 Å². The van der Waals surface area contributed by atoms with Gasteiger partial charge in [-0.15, -0.1) is 0 Å². The van der Waals surface area contributed by atoms with Crippen LogP contribution in [0.25, 0.3) is 0 Å². The number of thioether (sulfide) groups is 1. The molecule has 1 heterocycles. The van der Waals surface area contributed by atoms with Crippen LogP contribution in [0.4, 0.5) is 0 Å². The SMILES string of the molecule is CC(C)CCCC(C)NC1=NCC(C)CS1. The van der Waals surface area contributed by atoms with Crippen LogP contribution in [0.3, 0.4) is 0 Å². The lowest BCUT2D eigenvalue weighted by atomic mass is 10.0. The minimum absolute atomic E-state index is 0.568. The lowest BCUT2D eigenvalue weighted by Gasteiger charge is -2.21. The summed E-state index contributed by atoms with van der Waals surface area (Å²) in [5.74, 6) is 2.78. The van der Waals surface area contributed by atoms with Crippen LogP contribution < -0.4 is 5.32 Å². The Morgan fingerprint density at radius 3 is 2.69 bits per heavy atom. The summed E-state index contributed by atoms with van der Waals surface area (Å²) in [6.07, 6.45) is 3.91. The van der Waals surface area contributed by atoms with Crippen LogP contribution in [0.2, 0.25) is 0 Å². The van der Waals surface area contributed by atoms with E-state index in [1.54, 1.807) is 0 Å². The van der Waals surface area contributed by atoms with E-state index >= 15 is 0 Å². The monoisotopic (exact) mass is 242 g/mol. The molecule has 0 saturated carbocycles. The highest BCUT2D eigenvalue weighted by molar-refractivity contribution is 8.13. The Kier molecular flexibility index (Phi) is 6.25. The molecule has 0 bridgehead atoms. The number of amidine groups is 1. The molecule has 16 heavy (non-hydrogen) atoms. The molecule has 1 aliphatic rings. The predicted molar refractivity (Wildman–Crippen MR) is 75.2 cm³/mol. The molecule has 1 N–H and O–H groups in total. The third-order valence-corrected chi connectivity index (χ3v) is 4.10. The quantitative estimate of drug-likeness (QED) is 0.797. The normalized spacial score (nSPS) is 23.1. The number of hydrogen-bond donors (Lipinski definition) is 1. The maximum Gasteiger partial charge on any atom is 0.156 e. The molecule has 0 saturated heterocycles. The molecule has 0 radical (unpaired) electrons. The Bertz CT molecular complexity index is 226. The van der Waals surface area contributed by atoms with Crippen LogP contribution in [-0.4, -0.2) is 23.5 Å². The first-order valence-corrected chi connectivity index (χ1v) is 7.50. The Morgan fingerprint density at radius 2 is 2.12 bits per heavy atom. The van der Waals surface area contributed by atoms with Crippen LogP contribution in [0.5, 0.6) is 0 Å². The maximum absolute atomic E-state index is 4.56. The number of aliphatic imine (C=N–C) groups is 1. The molecule has 0 aromatic heterocycles. The first-order valence-electron chi connectivity index (χ1n) is 6.51. The van der Waals surface area contributed by atoms with Gasteiger partial charge in [0.25, 0.3) is 0 Å². The lowest BCUT2D eigenvalue weighted by molar-refractivity contribution is 0.495. The highest BCUT2D eigenvalue weighted by Gasteiger charge is 2.13. The molecule has 94 valence electrons. The van der Waals surface area contributed by atoms with E-state index in [9.17, 15) is 0 Å². The van der Waals surface area contributed by atoms with Crippen molar-refractivity contribution in [2.45, 2.75) is 53.0 Å². The molecule has 0 fully saturated rings. The van der Waals surface area contributed by atoms with Gasteiger partial charge in [-0.2, -0.15) is 0 Å². The highest BCUT2D eigenvalue weighted by atomic mass is 32.2. The molecule has 0 aromatic rings. The molecule has 0 amide bonds. The average molecular weight is 242 g/mol. The summed E-state index contributed by atoms with van der Waals surface area (Å²) in [6, 6.07) is 0.568. The van der Waals surface area contributed by atoms with Crippen molar-refractivity contribution in [3.8, 4) is 0 Å². The number of nitrogens with zero attached hydrogens (tertiary/aromatic N) is 1. The minimum Gasteiger partial charge on any atom is -0.362 e. The molecule has 3 heteroatoms. The van der Waals surface area contributed by atoms with Crippen LogP contribution in [-0.2, 0) is 0 Å². The first-order chi connectivity index (χ1) is 7.58. The fourth-order valence-corrected chi connectivity index (χ4v) is 2.76. The van der Waals surface area contributed by atoms with Gasteiger partial charge in [-0.25, -0.2) is 0 Å². The van der Waals surface area contributed by atoms with Gasteiger partial charge in [0.05, 0.1) is 0 Å². The van der Waals surface area contributed by atoms with E-state index < -0.39 is 0 Å². The molecule has 0 aromatic carbocycles. The number of nitrogens with one attached hydrogen (secondary N) is 1. The van der Waals surface area contributed by atoms with Crippen LogP contribution >= 0.6 is 11.8 Å². The van der Waals surface area contributed by atoms with Crippen molar-refractivity contribution in [1.82, 2.24) is 5.32 Å². The number of hydrogen-bond acceptors (Lipinski definition) is 3. The first kappa shape index (κ1) is 13.9. The summed E-state index contributed by atoms with van der Waals surface area (Å²) in [5.41, 5.74) is 0. The minimum atomic E-state index is 0.568. The fraction of sp³-hybridized carbons (Fsp3) is 0.923. The second-order valence-electron chi connectivity index (χ2n) is 5.43. The Balaban J connectivity index is 2.16. The molecular formula is C13H26N2S. The molecule has 2 unspecified atom stereocenters. The topological polar surface area (TPSA) is 24.4 Å². The molecule has 0 aliphatic carbocycles. The third kappa shape index (κ3) is 5.78. The largest absolute Gasteiger partial charge is 0.362 e. The van der Waals surface area contributed by atoms with Gasteiger partial charge in [-0.3, -0.25) is 4.99 Å². The van der Waals surface area contributed by atoms with Gasteiger partial charge in [0.2, 0.25) is 0 Å². The predicted octanol–water partition coefficient (Wildman–Crippen LogP) is 3.53. The Labute approximate surface area is 105 Å². The molecule has 2 atom stereocenters. The van der Waals surface area contributed by atoms with Gasteiger partial charge in [-0.1, -0.05) is 45.4 Å². The van der Waals surface area contributed by atoms with Crippen molar-refractivity contribution >= 4 is 16.9 Å². The van der Waals surface area contributed by atoms with Crippen LogP contribution in [0, 0.1) is 11.8 Å². The van der Waals surface area contributed by atoms with E-state index in [4.69, 9.17) is 0 Å². The van der Waals surface area contributed by atoms with Crippen molar-refractivity contribution in [3.63, 3.8) is 0 Å².